The maximum absolute atomic E-state index is 12.8. The summed E-state index contributed by atoms with van der Waals surface area (Å²) in [5.41, 5.74) is 1.81. The lowest BCUT2D eigenvalue weighted by molar-refractivity contribution is -0.138. The number of carbonyl (C=O) groups is 1. The number of hydrogen-bond donors (Lipinski definition) is 0. The van der Waals surface area contributed by atoms with Gasteiger partial charge in [-0.25, -0.2) is 8.42 Å². The lowest BCUT2D eigenvalue weighted by Gasteiger charge is -2.27. The molecule has 1 heterocycles. The van der Waals surface area contributed by atoms with Gasteiger partial charge >= 0.3 is 0 Å². The van der Waals surface area contributed by atoms with Crippen LogP contribution < -0.4 is 0 Å². The molecule has 0 aromatic heterocycles. The van der Waals surface area contributed by atoms with Gasteiger partial charge in [0.25, 0.3) is 0 Å². The number of hydrazine groups is 1. The van der Waals surface area contributed by atoms with Crippen molar-refractivity contribution in [3.63, 3.8) is 0 Å². The minimum Gasteiger partial charge on any atom is -0.273 e. The first kappa shape index (κ1) is 21.1. The van der Waals surface area contributed by atoms with Crippen LogP contribution in [0.1, 0.15) is 37.7 Å². The Morgan fingerprint density at radius 3 is 2.44 bits per heavy atom. The minimum atomic E-state index is -3.56. The first-order valence-electron chi connectivity index (χ1n) is 9.26. The third-order valence-corrected chi connectivity index (χ3v) is 6.21. The number of hydrogen-bond acceptors (Lipinski definition) is 3. The molecule has 0 radical (unpaired) electrons. The molecular formula is C21H28N2O3S. The highest BCUT2D eigenvalue weighted by Gasteiger charge is 2.35. The molecule has 27 heavy (non-hydrogen) atoms. The molecule has 0 atom stereocenters. The number of nitrogens with zero attached hydrogens (tertiary/aromatic N) is 2. The van der Waals surface area contributed by atoms with E-state index in [1.54, 1.807) is 24.3 Å². The second-order valence-corrected chi connectivity index (χ2v) is 8.42. The molecule has 0 N–H and O–H groups in total. The number of sulfonamides is 1. The molecule has 0 saturated carbocycles. The molecule has 0 aliphatic carbocycles. The van der Waals surface area contributed by atoms with Crippen molar-refractivity contribution < 1.29 is 13.2 Å². The van der Waals surface area contributed by atoms with Crippen LogP contribution in [0.4, 0.5) is 0 Å². The first-order chi connectivity index (χ1) is 13.0. The van der Waals surface area contributed by atoms with Gasteiger partial charge in [-0.15, -0.1) is 4.41 Å². The molecule has 146 valence electrons. The molecule has 1 saturated heterocycles. The number of allylic oxidation sites excluding steroid dienone is 4. The second-order valence-electron chi connectivity index (χ2n) is 6.55. The largest absolute Gasteiger partial charge is 0.273 e. The van der Waals surface area contributed by atoms with Gasteiger partial charge in [-0.05, 0) is 36.8 Å². The number of benzene rings is 1. The molecule has 2 rings (SSSR count). The molecule has 1 aliphatic heterocycles. The Morgan fingerprint density at radius 1 is 1.07 bits per heavy atom. The van der Waals surface area contributed by atoms with Crippen molar-refractivity contribution in [3.8, 4) is 0 Å². The van der Waals surface area contributed by atoms with E-state index in [2.05, 4.69) is 13.2 Å². The normalized spacial score (nSPS) is 15.7. The van der Waals surface area contributed by atoms with Gasteiger partial charge in [0.1, 0.15) is 0 Å². The van der Waals surface area contributed by atoms with Crippen LogP contribution in [0, 0.1) is 0 Å². The Balaban J connectivity index is 1.90. The Hall–Kier alpha value is -2.18. The summed E-state index contributed by atoms with van der Waals surface area (Å²) in [6.07, 6.45) is 8.83. The lowest BCUT2D eigenvalue weighted by Crippen LogP contribution is -2.45. The molecular weight excluding hydrogens is 360 g/mol. The van der Waals surface area contributed by atoms with Crippen molar-refractivity contribution in [2.24, 2.45) is 0 Å². The van der Waals surface area contributed by atoms with Crippen LogP contribution in [0.3, 0.4) is 0 Å². The summed E-state index contributed by atoms with van der Waals surface area (Å²) < 4.78 is 26.8. The summed E-state index contributed by atoms with van der Waals surface area (Å²) in [5, 5.41) is 1.41. The van der Waals surface area contributed by atoms with Crippen molar-refractivity contribution in [1.29, 1.82) is 0 Å². The van der Waals surface area contributed by atoms with E-state index in [-0.39, 0.29) is 11.7 Å². The van der Waals surface area contributed by atoms with E-state index in [1.165, 1.54) is 9.42 Å². The zero-order valence-corrected chi connectivity index (χ0v) is 16.5. The highest BCUT2D eigenvalue weighted by Crippen LogP contribution is 2.21. The van der Waals surface area contributed by atoms with Gasteiger partial charge in [0.2, 0.25) is 15.9 Å². The van der Waals surface area contributed by atoms with Gasteiger partial charge in [0, 0.05) is 19.5 Å². The lowest BCUT2D eigenvalue weighted by atomic mass is 10.1. The summed E-state index contributed by atoms with van der Waals surface area (Å²) in [4.78, 5) is 12.6. The number of amides is 1. The van der Waals surface area contributed by atoms with Crippen LogP contribution in [0.25, 0.3) is 0 Å². The number of unbranched alkanes of at least 4 members (excludes halogenated alkanes) is 1. The van der Waals surface area contributed by atoms with E-state index >= 15 is 0 Å². The smallest absolute Gasteiger partial charge is 0.237 e. The molecule has 0 spiro atoms. The molecule has 0 bridgehead atoms. The molecule has 1 amide bonds. The van der Waals surface area contributed by atoms with Gasteiger partial charge in [-0.3, -0.25) is 9.80 Å². The van der Waals surface area contributed by atoms with Gasteiger partial charge in [-0.2, -0.15) is 0 Å². The zero-order chi connectivity index (χ0) is 19.7. The average Bonchev–Trinajstić information content (AvgIpc) is 3.15. The molecule has 1 aromatic rings. The van der Waals surface area contributed by atoms with Crippen molar-refractivity contribution in [2.45, 2.75) is 37.9 Å². The number of carbonyl (C=O) groups excluding carboxylic acids is 1. The van der Waals surface area contributed by atoms with E-state index in [0.29, 0.717) is 32.4 Å². The molecule has 5 nitrogen and oxygen atoms in total. The molecule has 6 heteroatoms. The summed E-state index contributed by atoms with van der Waals surface area (Å²) >= 11 is 0. The Bertz CT molecular complexity index is 785. The van der Waals surface area contributed by atoms with E-state index in [0.717, 1.165) is 24.0 Å². The fourth-order valence-corrected chi connectivity index (χ4v) is 4.77. The van der Waals surface area contributed by atoms with E-state index in [4.69, 9.17) is 0 Å². The zero-order valence-electron chi connectivity index (χ0n) is 15.7. The molecule has 1 fully saturated rings. The quantitative estimate of drug-likeness (QED) is 0.452. The predicted octanol–water partition coefficient (Wildman–Crippen LogP) is 3.82. The highest BCUT2D eigenvalue weighted by atomic mass is 32.2. The fourth-order valence-electron chi connectivity index (χ4n) is 3.12. The maximum atomic E-state index is 12.8. The summed E-state index contributed by atoms with van der Waals surface area (Å²) in [6.45, 7) is 8.26. The van der Waals surface area contributed by atoms with E-state index in [9.17, 15) is 13.2 Å². The van der Waals surface area contributed by atoms with Crippen molar-refractivity contribution in [2.75, 3.05) is 13.1 Å². The third-order valence-electron chi connectivity index (χ3n) is 4.49. The Morgan fingerprint density at radius 2 is 1.78 bits per heavy atom. The van der Waals surface area contributed by atoms with Crippen LogP contribution in [-0.2, 0) is 20.6 Å². The fraction of sp³-hybridized carbons (Fsp3) is 0.381. The summed E-state index contributed by atoms with van der Waals surface area (Å²) in [7, 11) is -3.56. The van der Waals surface area contributed by atoms with Gasteiger partial charge in [-0.1, -0.05) is 61.7 Å². The molecule has 1 aromatic carbocycles. The number of rotatable bonds is 10. The SMILES string of the molecule is C=C/C=C(\C=C)CCCCC(=O)N1CCCN1S(=O)(=O)Cc1ccccc1. The van der Waals surface area contributed by atoms with Crippen LogP contribution in [0.2, 0.25) is 0 Å². The topological polar surface area (TPSA) is 57.7 Å². The Labute approximate surface area is 162 Å². The average molecular weight is 389 g/mol. The molecule has 1 aliphatic rings. The van der Waals surface area contributed by atoms with Crippen LogP contribution >= 0.6 is 0 Å². The van der Waals surface area contributed by atoms with Crippen LogP contribution in [0.15, 0.2) is 67.3 Å². The predicted molar refractivity (Wildman–Crippen MR) is 109 cm³/mol. The Kier molecular flexibility index (Phi) is 8.00. The maximum Gasteiger partial charge on any atom is 0.237 e. The van der Waals surface area contributed by atoms with E-state index in [1.807, 2.05) is 24.3 Å². The van der Waals surface area contributed by atoms with Crippen molar-refractivity contribution in [3.05, 3.63) is 72.9 Å². The monoisotopic (exact) mass is 388 g/mol. The van der Waals surface area contributed by atoms with Gasteiger partial charge in [0.15, 0.2) is 0 Å². The highest BCUT2D eigenvalue weighted by molar-refractivity contribution is 7.88. The van der Waals surface area contributed by atoms with Gasteiger partial charge < -0.3 is 0 Å². The first-order valence-corrected chi connectivity index (χ1v) is 10.9. The van der Waals surface area contributed by atoms with Crippen LogP contribution in [-0.4, -0.2) is 36.8 Å². The summed E-state index contributed by atoms with van der Waals surface area (Å²) in [5.74, 6) is -0.218. The summed E-state index contributed by atoms with van der Waals surface area (Å²) in [6, 6.07) is 9.05. The van der Waals surface area contributed by atoms with Crippen LogP contribution in [0.5, 0.6) is 0 Å². The minimum absolute atomic E-state index is 0.0906. The standard InChI is InChI=1S/C21H28N2O3S/c1-3-11-19(4-2)12-8-9-15-21(24)22-16-10-17-23(22)27(25,26)18-20-13-6-5-7-14-20/h3-7,11,13-14H,1-2,8-10,12,15-18H2/b19-11+. The third kappa shape index (κ3) is 6.19. The van der Waals surface area contributed by atoms with Crippen molar-refractivity contribution >= 4 is 15.9 Å². The van der Waals surface area contributed by atoms with Crippen molar-refractivity contribution in [1.82, 2.24) is 9.42 Å². The molecule has 0 unspecified atom stereocenters. The van der Waals surface area contributed by atoms with E-state index < -0.39 is 10.0 Å². The van der Waals surface area contributed by atoms with Gasteiger partial charge in [0.05, 0.1) is 5.75 Å². The second kappa shape index (κ2) is 10.2.